The summed E-state index contributed by atoms with van der Waals surface area (Å²) in [5, 5.41) is 3.03. The van der Waals surface area contributed by atoms with E-state index in [0.717, 1.165) is 42.8 Å². The molecule has 0 aromatic heterocycles. The van der Waals surface area contributed by atoms with Crippen LogP contribution in [0.3, 0.4) is 0 Å². The molecule has 11 heteroatoms. The number of nitrogens with one attached hydrogen (secondary N) is 2. The highest BCUT2D eigenvalue weighted by atomic mass is 127. The molecule has 47 heavy (non-hydrogen) atoms. The second-order valence-electron chi connectivity index (χ2n) is 13.5. The summed E-state index contributed by atoms with van der Waals surface area (Å²) >= 11 is 8.52. The molecule has 7 rings (SSSR count). The Kier molecular flexibility index (Phi) is 12.0. The third-order valence-electron chi connectivity index (χ3n) is 10.6. The fourth-order valence-corrected chi connectivity index (χ4v) is 8.66. The number of alkyl halides is 1. The van der Waals surface area contributed by atoms with Crippen LogP contribution in [0.15, 0.2) is 48.6 Å². The number of carbonyl (C=O) groups is 2. The van der Waals surface area contributed by atoms with Gasteiger partial charge in [0.15, 0.2) is 5.78 Å². The van der Waals surface area contributed by atoms with Crippen LogP contribution in [0, 0.1) is 17.8 Å². The molecule has 1 spiro atoms. The zero-order valence-corrected chi connectivity index (χ0v) is 31.3. The largest absolute Gasteiger partial charge is 0.490 e. The average molecular weight is 796 g/mol. The molecule has 8 nitrogen and oxygen atoms in total. The van der Waals surface area contributed by atoms with Gasteiger partial charge in [0.25, 0.3) is 5.91 Å². The summed E-state index contributed by atoms with van der Waals surface area (Å²) < 4.78 is 35.0. The van der Waals surface area contributed by atoms with Crippen molar-refractivity contribution in [1.29, 1.82) is 0 Å². The summed E-state index contributed by atoms with van der Waals surface area (Å²) in [7, 11) is -3.93. The molecular formula is C36H47ClIN3O5S. The summed E-state index contributed by atoms with van der Waals surface area (Å²) in [6.07, 6.45) is 9.99. The van der Waals surface area contributed by atoms with Gasteiger partial charge in [-0.1, -0.05) is 53.3 Å². The van der Waals surface area contributed by atoms with E-state index in [4.69, 9.17) is 16.3 Å². The first kappa shape index (κ1) is 36.1. The molecule has 5 aliphatic rings. The van der Waals surface area contributed by atoms with Gasteiger partial charge in [-0.2, -0.15) is 0 Å². The lowest BCUT2D eigenvalue weighted by atomic mass is 9.68. The van der Waals surface area contributed by atoms with Crippen molar-refractivity contribution in [3.05, 3.63) is 70.3 Å². The number of anilines is 1. The van der Waals surface area contributed by atoms with Crippen molar-refractivity contribution < 1.29 is 22.7 Å². The van der Waals surface area contributed by atoms with E-state index in [1.165, 1.54) is 30.6 Å². The first-order valence-corrected chi connectivity index (χ1v) is 20.8. The van der Waals surface area contributed by atoms with Gasteiger partial charge in [-0.25, -0.2) is 13.1 Å². The Morgan fingerprint density at radius 1 is 1.04 bits per heavy atom. The van der Waals surface area contributed by atoms with E-state index >= 15 is 0 Å². The molecule has 256 valence electrons. The summed E-state index contributed by atoms with van der Waals surface area (Å²) in [6.45, 7) is 7.73. The van der Waals surface area contributed by atoms with Crippen LogP contribution in [-0.4, -0.2) is 63.1 Å². The van der Waals surface area contributed by atoms with E-state index < -0.39 is 21.2 Å². The molecular weight excluding hydrogens is 749 g/mol. The molecule has 0 unspecified atom stereocenters. The highest BCUT2D eigenvalue weighted by Crippen LogP contribution is 2.46. The summed E-state index contributed by atoms with van der Waals surface area (Å²) in [4.78, 5) is 30.8. The van der Waals surface area contributed by atoms with E-state index in [1.807, 2.05) is 17.9 Å². The number of fused-ring (bicyclic) bond motifs is 4. The van der Waals surface area contributed by atoms with Crippen LogP contribution in [0.1, 0.15) is 73.9 Å². The highest BCUT2D eigenvalue weighted by molar-refractivity contribution is 14.1. The van der Waals surface area contributed by atoms with E-state index in [-0.39, 0.29) is 34.5 Å². The number of amides is 1. The molecule has 2 fully saturated rings. The standard InChI is InChI=1S/C32H37ClN2O5S.C3H7N.CH3I/c1-20-5-3-7-29(36)26-11-8-24(26)17-35-18-32(14-4-6-22-15-25(33)10-12-27(22)32)19-40-30-13-9-23(16-28(30)35)31(37)34-41(38,39)21(20)2;1-2-4-3-1;1-2/h3,7,9-10,12-13,15-16,20-21,24,26H,4-6,8,11,14,17-19H2,1-2H3,(H,34,37);4H,1-3H2;1H3/b7-3+;;/t20-,21+,24-,26+,32-;;/m0../s1. The maximum absolute atomic E-state index is 13.3. The first-order chi connectivity index (χ1) is 22.6. The molecule has 1 amide bonds. The van der Waals surface area contributed by atoms with Crippen LogP contribution in [0.4, 0.5) is 5.69 Å². The van der Waals surface area contributed by atoms with Crippen LogP contribution in [-0.2, 0) is 26.7 Å². The predicted octanol–water partition coefficient (Wildman–Crippen LogP) is 6.48. The van der Waals surface area contributed by atoms with Gasteiger partial charge in [-0.05, 0) is 129 Å². The van der Waals surface area contributed by atoms with Crippen molar-refractivity contribution in [2.75, 3.05) is 42.6 Å². The molecule has 2 N–H and O–H groups in total. The van der Waals surface area contributed by atoms with Crippen molar-refractivity contribution in [2.45, 2.75) is 69.5 Å². The minimum absolute atomic E-state index is 0.0666. The summed E-state index contributed by atoms with van der Waals surface area (Å²) in [5.74, 6) is -0.0319. The monoisotopic (exact) mass is 795 g/mol. The molecule has 2 aromatic rings. The smallest absolute Gasteiger partial charge is 0.264 e. The Hall–Kier alpha value is -2.15. The quantitative estimate of drug-likeness (QED) is 0.233. The predicted molar refractivity (Wildman–Crippen MR) is 198 cm³/mol. The lowest BCUT2D eigenvalue weighted by molar-refractivity contribution is -0.122. The summed E-state index contributed by atoms with van der Waals surface area (Å²) in [6, 6.07) is 11.3. The van der Waals surface area contributed by atoms with Gasteiger partial charge in [0, 0.05) is 35.0 Å². The van der Waals surface area contributed by atoms with Crippen molar-refractivity contribution in [2.24, 2.45) is 17.8 Å². The number of nitrogens with zero attached hydrogens (tertiary/aromatic N) is 1. The third-order valence-corrected chi connectivity index (χ3v) is 12.7. The fourth-order valence-electron chi connectivity index (χ4n) is 7.18. The Balaban J connectivity index is 0.000000661. The van der Waals surface area contributed by atoms with Crippen LogP contribution in [0.5, 0.6) is 5.75 Å². The van der Waals surface area contributed by atoms with Gasteiger partial charge < -0.3 is 15.0 Å². The van der Waals surface area contributed by atoms with Crippen LogP contribution in [0.25, 0.3) is 0 Å². The van der Waals surface area contributed by atoms with Gasteiger partial charge in [-0.15, -0.1) is 0 Å². The molecule has 2 aliphatic carbocycles. The van der Waals surface area contributed by atoms with Gasteiger partial charge in [0.05, 0.1) is 17.5 Å². The number of benzene rings is 2. The lowest BCUT2D eigenvalue weighted by Crippen LogP contribution is -2.49. The van der Waals surface area contributed by atoms with Crippen molar-refractivity contribution in [3.8, 4) is 5.75 Å². The van der Waals surface area contributed by atoms with Gasteiger partial charge in [0.2, 0.25) is 10.0 Å². The van der Waals surface area contributed by atoms with Crippen LogP contribution < -0.4 is 19.7 Å². The second kappa shape index (κ2) is 15.6. The number of carbonyl (C=O) groups excluding carboxylic acids is 2. The second-order valence-corrected chi connectivity index (χ2v) is 16.0. The number of ketones is 1. The number of halogens is 2. The number of aryl methyl sites for hydroxylation is 1. The highest BCUT2D eigenvalue weighted by Gasteiger charge is 2.44. The van der Waals surface area contributed by atoms with Crippen molar-refractivity contribution in [3.63, 3.8) is 0 Å². The Bertz CT molecular complexity index is 1590. The molecule has 5 atom stereocenters. The average Bonchev–Trinajstić information content (AvgIpc) is 3.15. The van der Waals surface area contributed by atoms with Crippen molar-refractivity contribution >= 4 is 61.6 Å². The number of hydrogen-bond donors (Lipinski definition) is 2. The summed E-state index contributed by atoms with van der Waals surface area (Å²) in [5.41, 5.74) is 3.22. The molecule has 2 aromatic carbocycles. The lowest BCUT2D eigenvalue weighted by Gasteiger charge is -2.44. The zero-order valence-electron chi connectivity index (χ0n) is 27.6. The molecule has 3 aliphatic heterocycles. The number of hydrogen-bond acceptors (Lipinski definition) is 7. The van der Waals surface area contributed by atoms with Crippen molar-refractivity contribution in [1.82, 2.24) is 10.0 Å². The van der Waals surface area contributed by atoms with Gasteiger partial charge >= 0.3 is 0 Å². The molecule has 0 radical (unpaired) electrons. The fraction of sp³-hybridized carbons (Fsp3) is 0.556. The topological polar surface area (TPSA) is 105 Å². The Labute approximate surface area is 298 Å². The SMILES string of the molecule is C1CNC1.CI.C[C@@H]1[C@@H](C)C/C=C/C(=O)[C@@H]2CC[C@H]2CN2C[C@@]3(CCCc4cc(Cl)ccc43)COc3ccc(cc32)C(=O)NS1(=O)=O. The zero-order chi connectivity index (χ0) is 33.8. The first-order valence-electron chi connectivity index (χ1n) is 16.7. The molecule has 2 bridgehead atoms. The van der Waals surface area contributed by atoms with E-state index in [2.05, 4.69) is 49.7 Å². The van der Waals surface area contributed by atoms with E-state index in [1.54, 1.807) is 37.3 Å². The van der Waals surface area contributed by atoms with Gasteiger partial charge in [-0.3, -0.25) is 9.59 Å². The van der Waals surface area contributed by atoms with E-state index in [0.29, 0.717) is 31.9 Å². The Morgan fingerprint density at radius 3 is 2.47 bits per heavy atom. The maximum Gasteiger partial charge on any atom is 0.264 e. The number of sulfonamides is 1. The molecule has 1 saturated heterocycles. The Morgan fingerprint density at radius 2 is 1.79 bits per heavy atom. The molecule has 1 saturated carbocycles. The van der Waals surface area contributed by atoms with Crippen LogP contribution >= 0.6 is 34.2 Å². The number of allylic oxidation sites excluding steroid dienone is 2. The number of rotatable bonds is 0. The van der Waals surface area contributed by atoms with Gasteiger partial charge in [0.1, 0.15) is 5.75 Å². The van der Waals surface area contributed by atoms with E-state index in [9.17, 15) is 18.0 Å². The minimum Gasteiger partial charge on any atom is -0.490 e. The normalized spacial score (nSPS) is 30.1. The van der Waals surface area contributed by atoms with Crippen LogP contribution in [0.2, 0.25) is 5.02 Å². The minimum atomic E-state index is -3.93. The third kappa shape index (κ3) is 8.02. The molecule has 3 heterocycles. The maximum atomic E-state index is 13.3. The number of ether oxygens (including phenoxy) is 1.